The van der Waals surface area contributed by atoms with Crippen LogP contribution in [0.5, 0.6) is 0 Å². The molecule has 21 heavy (non-hydrogen) atoms. The normalized spacial score (nSPS) is 25.0. The molecule has 3 nitrogen and oxygen atoms in total. The molecular formula is C17H25NO2S. The van der Waals surface area contributed by atoms with Crippen LogP contribution in [0.2, 0.25) is 0 Å². The maximum absolute atomic E-state index is 12.3. The summed E-state index contributed by atoms with van der Waals surface area (Å²) in [5.74, 6) is 0.936. The molecule has 0 aliphatic heterocycles. The van der Waals surface area contributed by atoms with Crippen LogP contribution in [-0.2, 0) is 15.3 Å². The minimum absolute atomic E-state index is 0.0744. The lowest BCUT2D eigenvalue weighted by molar-refractivity contribution is -0.151. The molecule has 0 saturated heterocycles. The van der Waals surface area contributed by atoms with E-state index < -0.39 is 5.54 Å². The Morgan fingerprint density at radius 3 is 2.81 bits per heavy atom. The quantitative estimate of drug-likeness (QED) is 0.784. The van der Waals surface area contributed by atoms with Gasteiger partial charge in [0.1, 0.15) is 5.54 Å². The molecule has 1 aromatic rings. The van der Waals surface area contributed by atoms with Crippen LogP contribution in [0.15, 0.2) is 30.3 Å². The first kappa shape index (κ1) is 16.4. The third kappa shape index (κ3) is 4.24. The highest BCUT2D eigenvalue weighted by Gasteiger charge is 2.45. The summed E-state index contributed by atoms with van der Waals surface area (Å²) >= 11 is 1.95. The molecule has 1 aliphatic rings. The minimum atomic E-state index is -0.459. The third-order valence-corrected chi connectivity index (χ3v) is 5.35. The van der Waals surface area contributed by atoms with Gasteiger partial charge in [-0.15, -0.1) is 0 Å². The SMILES string of the molecule is CCNC1(C(=O)OCC)CCC(SCc2ccccc2)C1. The number of nitrogens with one attached hydrogen (secondary N) is 1. The first-order chi connectivity index (χ1) is 10.2. The van der Waals surface area contributed by atoms with Crippen LogP contribution in [0.1, 0.15) is 38.7 Å². The van der Waals surface area contributed by atoms with Gasteiger partial charge in [-0.2, -0.15) is 11.8 Å². The van der Waals surface area contributed by atoms with Crippen molar-refractivity contribution in [3.8, 4) is 0 Å². The zero-order valence-corrected chi connectivity index (χ0v) is 13.7. The van der Waals surface area contributed by atoms with Crippen molar-refractivity contribution < 1.29 is 9.53 Å². The van der Waals surface area contributed by atoms with Crippen LogP contribution in [-0.4, -0.2) is 29.9 Å². The molecule has 2 rings (SSSR count). The van der Waals surface area contributed by atoms with Crippen LogP contribution in [0.3, 0.4) is 0 Å². The largest absolute Gasteiger partial charge is 0.465 e. The molecule has 2 unspecified atom stereocenters. The van der Waals surface area contributed by atoms with E-state index in [-0.39, 0.29) is 5.97 Å². The second kappa shape index (κ2) is 7.85. The smallest absolute Gasteiger partial charge is 0.326 e. The molecule has 1 aromatic carbocycles. The van der Waals surface area contributed by atoms with Crippen LogP contribution in [0.4, 0.5) is 0 Å². The Morgan fingerprint density at radius 1 is 1.38 bits per heavy atom. The first-order valence-electron chi connectivity index (χ1n) is 7.78. The number of rotatable bonds is 7. The van der Waals surface area contributed by atoms with E-state index >= 15 is 0 Å². The van der Waals surface area contributed by atoms with E-state index in [2.05, 4.69) is 29.6 Å². The number of thioether (sulfide) groups is 1. The van der Waals surface area contributed by atoms with Gasteiger partial charge in [-0.25, -0.2) is 0 Å². The molecule has 0 bridgehead atoms. The van der Waals surface area contributed by atoms with Crippen LogP contribution >= 0.6 is 11.8 Å². The Bertz CT molecular complexity index is 451. The van der Waals surface area contributed by atoms with Gasteiger partial charge in [0, 0.05) is 11.0 Å². The molecule has 1 fully saturated rings. The summed E-state index contributed by atoms with van der Waals surface area (Å²) in [5.41, 5.74) is 0.888. The lowest BCUT2D eigenvalue weighted by Gasteiger charge is -2.27. The Morgan fingerprint density at radius 2 is 2.14 bits per heavy atom. The molecule has 0 amide bonds. The van der Waals surface area contributed by atoms with E-state index in [1.54, 1.807) is 0 Å². The van der Waals surface area contributed by atoms with Gasteiger partial charge in [0.05, 0.1) is 6.61 Å². The van der Waals surface area contributed by atoms with Crippen molar-refractivity contribution in [2.75, 3.05) is 13.2 Å². The van der Waals surface area contributed by atoms with Gasteiger partial charge in [0.15, 0.2) is 0 Å². The van der Waals surface area contributed by atoms with Crippen molar-refractivity contribution in [3.05, 3.63) is 35.9 Å². The molecular weight excluding hydrogens is 282 g/mol. The van der Waals surface area contributed by atoms with Gasteiger partial charge in [0.25, 0.3) is 0 Å². The molecule has 2 atom stereocenters. The number of benzene rings is 1. The fraction of sp³-hybridized carbons (Fsp3) is 0.588. The average molecular weight is 307 g/mol. The van der Waals surface area contributed by atoms with Gasteiger partial charge in [-0.3, -0.25) is 4.79 Å². The van der Waals surface area contributed by atoms with Crippen molar-refractivity contribution in [3.63, 3.8) is 0 Å². The fourth-order valence-corrected chi connectivity index (χ4v) is 4.26. The molecule has 116 valence electrons. The number of ether oxygens (including phenoxy) is 1. The van der Waals surface area contributed by atoms with Gasteiger partial charge in [-0.1, -0.05) is 37.3 Å². The summed E-state index contributed by atoms with van der Waals surface area (Å²) < 4.78 is 5.28. The Labute approximate surface area is 131 Å². The number of esters is 1. The van der Waals surface area contributed by atoms with Crippen molar-refractivity contribution in [1.29, 1.82) is 0 Å². The highest BCUT2D eigenvalue weighted by Crippen LogP contribution is 2.39. The molecule has 0 spiro atoms. The van der Waals surface area contributed by atoms with Crippen molar-refractivity contribution in [2.24, 2.45) is 0 Å². The van der Waals surface area contributed by atoms with Gasteiger partial charge in [0.2, 0.25) is 0 Å². The highest BCUT2D eigenvalue weighted by molar-refractivity contribution is 7.99. The summed E-state index contributed by atoms with van der Waals surface area (Å²) in [6.45, 7) is 5.17. The van der Waals surface area contributed by atoms with E-state index in [0.29, 0.717) is 11.9 Å². The molecule has 0 heterocycles. The third-order valence-electron chi connectivity index (χ3n) is 3.98. The summed E-state index contributed by atoms with van der Waals surface area (Å²) in [6, 6.07) is 10.5. The van der Waals surface area contributed by atoms with Crippen LogP contribution in [0.25, 0.3) is 0 Å². The van der Waals surface area contributed by atoms with Gasteiger partial charge < -0.3 is 10.1 Å². The molecule has 1 N–H and O–H groups in total. The second-order valence-electron chi connectivity index (χ2n) is 5.49. The molecule has 0 aromatic heterocycles. The molecule has 1 aliphatic carbocycles. The van der Waals surface area contributed by atoms with Gasteiger partial charge >= 0.3 is 5.97 Å². The monoisotopic (exact) mass is 307 g/mol. The predicted octanol–water partition coefficient (Wildman–Crippen LogP) is 3.38. The minimum Gasteiger partial charge on any atom is -0.465 e. The summed E-state index contributed by atoms with van der Waals surface area (Å²) in [5, 5.41) is 3.90. The highest BCUT2D eigenvalue weighted by atomic mass is 32.2. The summed E-state index contributed by atoms with van der Waals surface area (Å²) in [7, 11) is 0. The Hall–Kier alpha value is -1.00. The van der Waals surface area contributed by atoms with E-state index in [1.807, 2.05) is 31.7 Å². The topological polar surface area (TPSA) is 38.3 Å². The van der Waals surface area contributed by atoms with Gasteiger partial charge in [-0.05, 0) is 38.3 Å². The maximum Gasteiger partial charge on any atom is 0.326 e. The standard InChI is InChI=1S/C17H25NO2S/c1-3-18-17(16(19)20-4-2)11-10-15(12-17)21-13-14-8-6-5-7-9-14/h5-9,15,18H,3-4,10-13H2,1-2H3. The average Bonchev–Trinajstić information content (AvgIpc) is 2.92. The molecule has 0 radical (unpaired) electrons. The second-order valence-corrected chi connectivity index (χ2v) is 6.78. The fourth-order valence-electron chi connectivity index (χ4n) is 2.96. The summed E-state index contributed by atoms with van der Waals surface area (Å²) in [4.78, 5) is 12.3. The number of carbonyl (C=O) groups excluding carboxylic acids is 1. The van der Waals surface area contributed by atoms with Crippen molar-refractivity contribution >= 4 is 17.7 Å². The number of hydrogen-bond donors (Lipinski definition) is 1. The summed E-state index contributed by atoms with van der Waals surface area (Å²) in [6.07, 6.45) is 2.83. The van der Waals surface area contributed by atoms with E-state index in [4.69, 9.17) is 4.74 Å². The molecule has 4 heteroatoms. The van der Waals surface area contributed by atoms with E-state index in [1.165, 1.54) is 5.56 Å². The van der Waals surface area contributed by atoms with Crippen molar-refractivity contribution in [2.45, 2.75) is 49.7 Å². The maximum atomic E-state index is 12.3. The molecule has 1 saturated carbocycles. The lowest BCUT2D eigenvalue weighted by Crippen LogP contribution is -2.51. The van der Waals surface area contributed by atoms with E-state index in [0.717, 1.165) is 31.6 Å². The zero-order chi connectivity index (χ0) is 15.1. The van der Waals surface area contributed by atoms with Crippen LogP contribution in [0, 0.1) is 0 Å². The lowest BCUT2D eigenvalue weighted by atomic mass is 9.98. The van der Waals surface area contributed by atoms with E-state index in [9.17, 15) is 4.79 Å². The van der Waals surface area contributed by atoms with Crippen molar-refractivity contribution in [1.82, 2.24) is 5.32 Å². The number of hydrogen-bond acceptors (Lipinski definition) is 4. The number of likely N-dealkylation sites (N-methyl/N-ethyl adjacent to an activating group) is 1. The number of carbonyl (C=O) groups is 1. The first-order valence-corrected chi connectivity index (χ1v) is 8.83. The predicted molar refractivity (Wildman–Crippen MR) is 88.4 cm³/mol. The Balaban J connectivity index is 1.92. The zero-order valence-electron chi connectivity index (χ0n) is 12.9. The van der Waals surface area contributed by atoms with Crippen LogP contribution < -0.4 is 5.32 Å². The Kier molecular flexibility index (Phi) is 6.12.